The Morgan fingerprint density at radius 2 is 2.40 bits per heavy atom. The van der Waals surface area contributed by atoms with Crippen LogP contribution in [0.5, 0.6) is 0 Å². The number of hydrogen-bond acceptors (Lipinski definition) is 1. The highest BCUT2D eigenvalue weighted by atomic mass is 16.5. The minimum Gasteiger partial charge on any atom is -0.452 e. The first-order chi connectivity index (χ1) is 4.86. The molecule has 0 amide bonds. The second-order valence-corrected chi connectivity index (χ2v) is 1.79. The Labute approximate surface area is 60.7 Å². The number of ether oxygens (including phenoxy) is 1. The van der Waals surface area contributed by atoms with E-state index in [1.807, 2.05) is 6.08 Å². The molecule has 0 saturated heterocycles. The molecule has 0 aromatic heterocycles. The highest BCUT2D eigenvalue weighted by molar-refractivity contribution is 5.42. The maximum atomic E-state index is 5.12. The first kappa shape index (κ1) is 6.61. The molecule has 0 unspecified atom stereocenters. The zero-order valence-electron chi connectivity index (χ0n) is 5.72. The molecule has 0 aromatic carbocycles. The summed E-state index contributed by atoms with van der Waals surface area (Å²) in [6.07, 6.45) is 13.3. The number of allylic oxidation sites excluding steroid dienone is 5. The van der Waals surface area contributed by atoms with Crippen molar-refractivity contribution in [3.05, 3.63) is 35.6 Å². The minimum atomic E-state index is 0.751. The number of terminal acetylenes is 1. The van der Waals surface area contributed by atoms with Gasteiger partial charge in [0.25, 0.3) is 0 Å². The van der Waals surface area contributed by atoms with Crippen LogP contribution >= 0.6 is 0 Å². The van der Waals surface area contributed by atoms with Crippen molar-refractivity contribution in [3.63, 3.8) is 0 Å². The SMILES string of the molecule is C#CC1=[C+]C=C(OC)C=C1. The first-order valence-electron chi connectivity index (χ1n) is 2.89. The van der Waals surface area contributed by atoms with Gasteiger partial charge in [-0.1, -0.05) is 6.42 Å². The zero-order valence-corrected chi connectivity index (χ0v) is 5.72. The summed E-state index contributed by atoms with van der Waals surface area (Å²) in [5, 5.41) is 0. The van der Waals surface area contributed by atoms with Crippen molar-refractivity contribution in [2.75, 3.05) is 7.11 Å². The topological polar surface area (TPSA) is 9.23 Å². The van der Waals surface area contributed by atoms with Crippen molar-refractivity contribution in [1.29, 1.82) is 0 Å². The van der Waals surface area contributed by atoms with Gasteiger partial charge in [0.2, 0.25) is 11.3 Å². The van der Waals surface area contributed by atoms with Crippen LogP contribution in [0, 0.1) is 18.4 Å². The van der Waals surface area contributed by atoms with Crippen molar-refractivity contribution in [2.24, 2.45) is 0 Å². The van der Waals surface area contributed by atoms with Crippen LogP contribution in [0.2, 0.25) is 0 Å². The molecule has 0 radical (unpaired) electrons. The van der Waals surface area contributed by atoms with Gasteiger partial charge in [-0.05, 0) is 0 Å². The van der Waals surface area contributed by atoms with Crippen LogP contribution in [0.15, 0.2) is 29.6 Å². The van der Waals surface area contributed by atoms with Crippen LogP contribution in [-0.2, 0) is 4.74 Å². The highest BCUT2D eigenvalue weighted by Gasteiger charge is 2.05. The predicted molar refractivity (Wildman–Crippen MR) is 39.8 cm³/mol. The molecule has 1 rings (SSSR count). The summed E-state index contributed by atoms with van der Waals surface area (Å²) >= 11 is 0. The average molecular weight is 131 g/mol. The Bertz CT molecular complexity index is 248. The Balaban J connectivity index is 2.81. The zero-order chi connectivity index (χ0) is 7.40. The lowest BCUT2D eigenvalue weighted by molar-refractivity contribution is 0.306. The van der Waals surface area contributed by atoms with E-state index in [9.17, 15) is 0 Å². The molecule has 10 heavy (non-hydrogen) atoms. The van der Waals surface area contributed by atoms with Crippen molar-refractivity contribution in [2.45, 2.75) is 0 Å². The van der Waals surface area contributed by atoms with Gasteiger partial charge >= 0.3 is 0 Å². The fourth-order valence-electron chi connectivity index (χ4n) is 0.627. The van der Waals surface area contributed by atoms with Gasteiger partial charge < -0.3 is 4.74 Å². The molecule has 0 N–H and O–H groups in total. The lowest BCUT2D eigenvalue weighted by Gasteiger charge is -1.92. The molecule has 0 saturated carbocycles. The monoisotopic (exact) mass is 131 g/mol. The Morgan fingerprint density at radius 1 is 1.60 bits per heavy atom. The smallest absolute Gasteiger partial charge is 0.207 e. The molecule has 0 aromatic rings. The molecule has 1 aliphatic carbocycles. The third-order valence-electron chi connectivity index (χ3n) is 1.18. The summed E-state index contributed by atoms with van der Waals surface area (Å²) in [6, 6.07) is 0. The van der Waals surface area contributed by atoms with Crippen molar-refractivity contribution >= 4 is 0 Å². The molecular formula is C9H7O+. The molecule has 0 spiro atoms. The fourth-order valence-corrected chi connectivity index (χ4v) is 0.627. The minimum absolute atomic E-state index is 0.751. The van der Waals surface area contributed by atoms with Crippen molar-refractivity contribution in [3.8, 4) is 12.3 Å². The average Bonchev–Trinajstić information content (AvgIpc) is 2.05. The van der Waals surface area contributed by atoms with E-state index in [2.05, 4.69) is 12.0 Å². The Hall–Kier alpha value is -1.51. The first-order valence-corrected chi connectivity index (χ1v) is 2.89. The lowest BCUT2D eigenvalue weighted by Crippen LogP contribution is -1.86. The van der Waals surface area contributed by atoms with Crippen LogP contribution in [0.1, 0.15) is 0 Å². The Morgan fingerprint density at radius 3 is 2.80 bits per heavy atom. The van der Waals surface area contributed by atoms with Crippen molar-refractivity contribution in [1.82, 2.24) is 0 Å². The molecule has 1 nitrogen and oxygen atoms in total. The highest BCUT2D eigenvalue weighted by Crippen LogP contribution is 2.07. The van der Waals surface area contributed by atoms with Crippen LogP contribution in [0.25, 0.3) is 0 Å². The van der Waals surface area contributed by atoms with Gasteiger partial charge in [-0.15, -0.1) is 0 Å². The summed E-state index contributed by atoms with van der Waals surface area (Å²) in [5.41, 5.74) is 0.751. The molecule has 48 valence electrons. The normalized spacial score (nSPS) is 14.4. The van der Waals surface area contributed by atoms with Gasteiger partial charge in [0.15, 0.2) is 0 Å². The third kappa shape index (κ3) is 1.25. The summed E-state index contributed by atoms with van der Waals surface area (Å²) < 4.78 is 4.91. The van der Waals surface area contributed by atoms with E-state index in [1.54, 1.807) is 19.3 Å². The van der Waals surface area contributed by atoms with Crippen LogP contribution < -0.4 is 0 Å². The predicted octanol–water partition coefficient (Wildman–Crippen LogP) is 1.45. The van der Waals surface area contributed by atoms with Crippen LogP contribution in [0.4, 0.5) is 0 Å². The van der Waals surface area contributed by atoms with E-state index in [4.69, 9.17) is 11.2 Å². The number of hydrogen-bond donors (Lipinski definition) is 0. The third-order valence-corrected chi connectivity index (χ3v) is 1.18. The van der Waals surface area contributed by atoms with E-state index in [-0.39, 0.29) is 0 Å². The van der Waals surface area contributed by atoms with Gasteiger partial charge in [0.1, 0.15) is 6.08 Å². The number of methoxy groups -OCH3 is 1. The van der Waals surface area contributed by atoms with Gasteiger partial charge in [-0.2, -0.15) is 0 Å². The van der Waals surface area contributed by atoms with Crippen LogP contribution in [0.3, 0.4) is 0 Å². The van der Waals surface area contributed by atoms with Crippen LogP contribution in [-0.4, -0.2) is 7.11 Å². The van der Waals surface area contributed by atoms with E-state index in [0.29, 0.717) is 0 Å². The molecule has 1 heteroatoms. The second-order valence-electron chi connectivity index (χ2n) is 1.79. The molecule has 0 heterocycles. The maximum Gasteiger partial charge on any atom is 0.207 e. The molecule has 1 aliphatic rings. The van der Waals surface area contributed by atoms with E-state index in [0.717, 1.165) is 11.3 Å². The van der Waals surface area contributed by atoms with Gasteiger partial charge in [0, 0.05) is 6.08 Å². The molecule has 0 atom stereocenters. The summed E-state index contributed by atoms with van der Waals surface area (Å²) in [4.78, 5) is 0. The largest absolute Gasteiger partial charge is 0.452 e. The van der Waals surface area contributed by atoms with E-state index >= 15 is 0 Å². The standard InChI is InChI=1S/C9H7O/c1-3-8-4-6-9(10-2)7-5-8/h1,4,6-7H,2H3/q+1. The summed E-state index contributed by atoms with van der Waals surface area (Å²) in [7, 11) is 1.61. The fraction of sp³-hybridized carbons (Fsp3) is 0.111. The van der Waals surface area contributed by atoms with Gasteiger partial charge in [0.05, 0.1) is 25.2 Å². The van der Waals surface area contributed by atoms with E-state index < -0.39 is 0 Å². The lowest BCUT2D eigenvalue weighted by atomic mass is 10.1. The summed E-state index contributed by atoms with van der Waals surface area (Å²) in [5.74, 6) is 3.24. The molecular weight excluding hydrogens is 124 g/mol. The van der Waals surface area contributed by atoms with Gasteiger partial charge in [-0.25, -0.2) is 0 Å². The van der Waals surface area contributed by atoms with Crippen molar-refractivity contribution < 1.29 is 4.74 Å². The Kier molecular flexibility index (Phi) is 1.89. The maximum absolute atomic E-state index is 5.12. The summed E-state index contributed by atoms with van der Waals surface area (Å²) in [6.45, 7) is 0. The van der Waals surface area contributed by atoms with Gasteiger partial charge in [-0.3, -0.25) is 0 Å². The van der Waals surface area contributed by atoms with E-state index in [1.165, 1.54) is 0 Å². The molecule has 0 aliphatic heterocycles. The number of rotatable bonds is 1. The molecule has 0 bridgehead atoms. The second kappa shape index (κ2) is 2.87. The quantitative estimate of drug-likeness (QED) is 0.386. The molecule has 0 fully saturated rings.